The van der Waals surface area contributed by atoms with E-state index in [1.54, 1.807) is 48.5 Å². The van der Waals surface area contributed by atoms with Crippen molar-refractivity contribution in [3.8, 4) is 0 Å². The molecule has 0 saturated carbocycles. The number of aliphatic hydroxyl groups excluding tert-OH is 2. The monoisotopic (exact) mass is 490 g/mol. The third-order valence-electron chi connectivity index (χ3n) is 5.23. The van der Waals surface area contributed by atoms with Crippen molar-refractivity contribution in [1.82, 2.24) is 19.9 Å². The van der Waals surface area contributed by atoms with E-state index in [-0.39, 0.29) is 17.3 Å². The Morgan fingerprint density at radius 3 is 1.97 bits per heavy atom. The number of esters is 1. The van der Waals surface area contributed by atoms with E-state index < -0.39 is 41.6 Å². The number of hydrogen-bond donors (Lipinski definition) is 6. The molecule has 0 spiro atoms. The highest BCUT2D eigenvalue weighted by atomic mass is 16.6. The first-order valence-electron chi connectivity index (χ1n) is 10.6. The van der Waals surface area contributed by atoms with Gasteiger partial charge in [-0.15, -0.1) is 0 Å². The molecule has 2 aromatic heterocycles. The maximum absolute atomic E-state index is 12.5. The summed E-state index contributed by atoms with van der Waals surface area (Å²) in [6, 6.07) is 13.6. The maximum atomic E-state index is 12.5. The molecule has 3 heterocycles. The normalized spacial score (nSPS) is 18.6. The number of nitrogens with one attached hydrogen (secondary N) is 4. The number of para-hydroxylation sites is 4. The van der Waals surface area contributed by atoms with Crippen molar-refractivity contribution in [2.75, 3.05) is 17.5 Å². The quantitative estimate of drug-likeness (QED) is 0.153. The second kappa shape index (κ2) is 9.36. The summed E-state index contributed by atoms with van der Waals surface area (Å²) in [7, 11) is 0. The van der Waals surface area contributed by atoms with Crippen molar-refractivity contribution >= 4 is 51.1 Å². The molecule has 2 unspecified atom stereocenters. The minimum atomic E-state index is -1.53. The molecule has 14 nitrogen and oxygen atoms in total. The Balaban J connectivity index is 1.50. The molecule has 6 N–H and O–H groups in total. The van der Waals surface area contributed by atoms with Crippen LogP contribution in [0.4, 0.5) is 11.6 Å². The third kappa shape index (κ3) is 4.28. The largest absolute Gasteiger partial charge is 0.448 e. The van der Waals surface area contributed by atoms with Gasteiger partial charge in [-0.1, -0.05) is 24.3 Å². The first-order valence-corrected chi connectivity index (χ1v) is 10.6. The molecule has 0 bridgehead atoms. The van der Waals surface area contributed by atoms with Crippen LogP contribution in [0.15, 0.2) is 68.3 Å². The number of fused-ring (bicyclic) bond motifs is 2. The SMILES string of the molecule is O=C1OC(C(O)CO)C(=N\Nc2nc3ccccc3[nH]c2=O)/C1=N/Nc1nc2ccccc2[nH]c1=O. The van der Waals surface area contributed by atoms with Crippen LogP contribution in [0.5, 0.6) is 0 Å². The highest BCUT2D eigenvalue weighted by molar-refractivity contribution is 6.69. The Bertz CT molecular complexity index is 1660. The predicted molar refractivity (Wildman–Crippen MR) is 130 cm³/mol. The Hall–Kier alpha value is -4.95. The van der Waals surface area contributed by atoms with E-state index in [0.717, 1.165) is 0 Å². The number of hydrazone groups is 2. The summed E-state index contributed by atoms with van der Waals surface area (Å²) in [5, 5.41) is 27.5. The average molecular weight is 490 g/mol. The van der Waals surface area contributed by atoms with E-state index in [9.17, 15) is 24.6 Å². The van der Waals surface area contributed by atoms with Crippen molar-refractivity contribution in [3.05, 3.63) is 69.2 Å². The molecule has 1 fully saturated rings. The van der Waals surface area contributed by atoms with Gasteiger partial charge < -0.3 is 24.9 Å². The van der Waals surface area contributed by atoms with Crippen LogP contribution in [0, 0.1) is 0 Å². The molecule has 1 saturated heterocycles. The second-order valence-electron chi connectivity index (χ2n) is 7.62. The topological polar surface area (TPSA) is 207 Å². The number of rotatable bonds is 6. The number of aliphatic hydroxyl groups is 2. The van der Waals surface area contributed by atoms with Crippen LogP contribution in [0.1, 0.15) is 0 Å². The molecule has 0 amide bonds. The number of anilines is 2. The van der Waals surface area contributed by atoms with Gasteiger partial charge in [0.15, 0.2) is 11.8 Å². The minimum Gasteiger partial charge on any atom is -0.448 e. The summed E-state index contributed by atoms with van der Waals surface area (Å²) in [6.07, 6.45) is -2.94. The van der Waals surface area contributed by atoms with Gasteiger partial charge in [0.25, 0.3) is 11.1 Å². The summed E-state index contributed by atoms with van der Waals surface area (Å²) in [6.45, 7) is -0.752. The van der Waals surface area contributed by atoms with Crippen LogP contribution < -0.4 is 22.0 Å². The van der Waals surface area contributed by atoms with Crippen LogP contribution in [0.25, 0.3) is 22.1 Å². The summed E-state index contributed by atoms with van der Waals surface area (Å²) >= 11 is 0. The number of hydrogen-bond acceptors (Lipinski definition) is 12. The van der Waals surface area contributed by atoms with Crippen LogP contribution in [-0.4, -0.2) is 66.4 Å². The van der Waals surface area contributed by atoms with E-state index in [0.29, 0.717) is 22.1 Å². The second-order valence-corrected chi connectivity index (χ2v) is 7.62. The molecule has 1 aliphatic rings. The maximum Gasteiger partial charge on any atom is 0.361 e. The van der Waals surface area contributed by atoms with E-state index >= 15 is 0 Å². The number of nitrogens with zero attached hydrogens (tertiary/aromatic N) is 4. The number of aromatic amines is 2. The summed E-state index contributed by atoms with van der Waals surface area (Å²) in [5.74, 6) is -1.39. The molecule has 14 heteroatoms. The Labute approximate surface area is 200 Å². The number of carbonyl (C=O) groups excluding carboxylic acids is 1. The van der Waals surface area contributed by atoms with Gasteiger partial charge in [0.2, 0.25) is 11.6 Å². The minimum absolute atomic E-state index is 0.197. The molecule has 5 rings (SSSR count). The fourth-order valence-corrected chi connectivity index (χ4v) is 3.47. The molecule has 182 valence electrons. The molecular formula is C22H18N8O6. The van der Waals surface area contributed by atoms with Gasteiger partial charge in [0.05, 0.1) is 28.7 Å². The molecule has 1 aliphatic heterocycles. The van der Waals surface area contributed by atoms with Crippen LogP contribution in [0.2, 0.25) is 0 Å². The van der Waals surface area contributed by atoms with E-state index in [4.69, 9.17) is 4.74 Å². The lowest BCUT2D eigenvalue weighted by atomic mass is 10.1. The summed E-state index contributed by atoms with van der Waals surface area (Å²) < 4.78 is 5.11. The fraction of sp³-hybridized carbons (Fsp3) is 0.136. The number of aromatic nitrogens is 4. The van der Waals surface area contributed by atoms with Gasteiger partial charge in [-0.05, 0) is 24.3 Å². The van der Waals surface area contributed by atoms with Crippen LogP contribution in [-0.2, 0) is 9.53 Å². The van der Waals surface area contributed by atoms with Gasteiger partial charge in [-0.25, -0.2) is 14.8 Å². The first-order chi connectivity index (χ1) is 17.4. The number of cyclic esters (lactones) is 1. The molecule has 2 atom stereocenters. The highest BCUT2D eigenvalue weighted by Crippen LogP contribution is 2.16. The highest BCUT2D eigenvalue weighted by Gasteiger charge is 2.43. The molecule has 0 aliphatic carbocycles. The van der Waals surface area contributed by atoms with E-state index in [1.165, 1.54) is 0 Å². The van der Waals surface area contributed by atoms with Crippen LogP contribution in [0.3, 0.4) is 0 Å². The van der Waals surface area contributed by atoms with Gasteiger partial charge in [0, 0.05) is 0 Å². The lowest BCUT2D eigenvalue weighted by Gasteiger charge is -2.14. The lowest BCUT2D eigenvalue weighted by molar-refractivity contribution is -0.140. The zero-order valence-electron chi connectivity index (χ0n) is 18.3. The molecule has 0 radical (unpaired) electrons. The Morgan fingerprint density at radius 1 is 0.889 bits per heavy atom. The third-order valence-corrected chi connectivity index (χ3v) is 5.23. The zero-order valence-corrected chi connectivity index (χ0v) is 18.3. The van der Waals surface area contributed by atoms with Gasteiger partial charge in [-0.2, -0.15) is 10.2 Å². The van der Waals surface area contributed by atoms with E-state index in [1.807, 2.05) is 0 Å². The molecular weight excluding hydrogens is 472 g/mol. The molecule has 4 aromatic rings. The van der Waals surface area contributed by atoms with Gasteiger partial charge in [0.1, 0.15) is 11.8 Å². The molecule has 36 heavy (non-hydrogen) atoms. The average Bonchev–Trinajstić information content (AvgIpc) is 3.20. The summed E-state index contributed by atoms with van der Waals surface area (Å²) in [4.78, 5) is 50.9. The standard InChI is InChI=1S/C22H18N8O6/c31-9-14(32)17-15(27-29-18-20(33)25-12-7-3-1-5-10(12)23-18)16(22(35)36-17)28-30-19-21(34)26-13-8-4-2-6-11(13)24-19/h1-8,14,17,31-32H,9H2,(H,23,29)(H,24,30)(H,25,33)(H,26,34)/b27-15-,28-16-. The molecule has 2 aromatic carbocycles. The van der Waals surface area contributed by atoms with Gasteiger partial charge in [-0.3, -0.25) is 20.4 Å². The fourth-order valence-electron chi connectivity index (χ4n) is 3.47. The van der Waals surface area contributed by atoms with Crippen molar-refractivity contribution < 1.29 is 19.7 Å². The van der Waals surface area contributed by atoms with Crippen molar-refractivity contribution in [2.45, 2.75) is 12.2 Å². The Kier molecular flexibility index (Phi) is 5.93. The van der Waals surface area contributed by atoms with Crippen molar-refractivity contribution in [2.24, 2.45) is 10.2 Å². The van der Waals surface area contributed by atoms with Gasteiger partial charge >= 0.3 is 5.97 Å². The summed E-state index contributed by atoms with van der Waals surface area (Å²) in [5.41, 5.74) is 5.00. The van der Waals surface area contributed by atoms with Crippen molar-refractivity contribution in [1.29, 1.82) is 0 Å². The predicted octanol–water partition coefficient (Wildman–Crippen LogP) is -0.326. The lowest BCUT2D eigenvalue weighted by Crippen LogP contribution is -2.36. The smallest absolute Gasteiger partial charge is 0.361 e. The van der Waals surface area contributed by atoms with Crippen molar-refractivity contribution in [3.63, 3.8) is 0 Å². The zero-order chi connectivity index (χ0) is 25.2. The van der Waals surface area contributed by atoms with E-state index in [2.05, 4.69) is 41.0 Å². The first kappa shape index (κ1) is 22.8. The number of carbonyl (C=O) groups is 1. The number of H-pyrrole nitrogens is 2. The number of benzene rings is 2. The Morgan fingerprint density at radius 2 is 1.42 bits per heavy atom. The number of ether oxygens (including phenoxy) is 1. The van der Waals surface area contributed by atoms with Crippen LogP contribution >= 0.6 is 0 Å².